The van der Waals surface area contributed by atoms with E-state index in [4.69, 9.17) is 5.26 Å². The average molecular weight is 278 g/mol. The van der Waals surface area contributed by atoms with E-state index in [1.165, 1.54) is 12.8 Å². The minimum absolute atomic E-state index is 0.0338. The predicted molar refractivity (Wildman–Crippen MR) is 78.1 cm³/mol. The van der Waals surface area contributed by atoms with Crippen LogP contribution in [-0.4, -0.2) is 72.0 Å². The summed E-state index contributed by atoms with van der Waals surface area (Å²) in [4.78, 5) is 18.8. The summed E-state index contributed by atoms with van der Waals surface area (Å²) in [5.41, 5.74) is 0. The third kappa shape index (κ3) is 3.71. The largest absolute Gasteiger partial charge is 0.339 e. The van der Waals surface area contributed by atoms with Crippen molar-refractivity contribution in [3.05, 3.63) is 0 Å². The molecule has 0 radical (unpaired) electrons. The van der Waals surface area contributed by atoms with Crippen LogP contribution in [0.25, 0.3) is 0 Å². The Kier molecular flexibility index (Phi) is 5.38. The minimum atomic E-state index is 0.0338. The number of nitrogens with zero attached hydrogens (tertiary/aromatic N) is 4. The van der Waals surface area contributed by atoms with E-state index in [1.807, 2.05) is 4.90 Å². The Hall–Kier alpha value is -1.12. The molecule has 1 saturated carbocycles. The quantitative estimate of drug-likeness (QED) is 0.725. The number of amides is 1. The van der Waals surface area contributed by atoms with Gasteiger partial charge in [-0.15, -0.1) is 0 Å². The molecule has 0 aromatic heterocycles. The molecule has 1 heterocycles. The summed E-state index contributed by atoms with van der Waals surface area (Å²) in [5.74, 6) is 0.274. The maximum atomic E-state index is 12.3. The zero-order valence-electron chi connectivity index (χ0n) is 12.7. The second kappa shape index (κ2) is 7.05. The van der Waals surface area contributed by atoms with Gasteiger partial charge in [0.25, 0.3) is 0 Å². The molecule has 112 valence electrons. The Bertz CT molecular complexity index is 367. The van der Waals surface area contributed by atoms with Gasteiger partial charge in [0.2, 0.25) is 5.91 Å². The summed E-state index contributed by atoms with van der Waals surface area (Å²) in [6.07, 6.45) is 3.22. The van der Waals surface area contributed by atoms with E-state index in [0.29, 0.717) is 12.6 Å². The van der Waals surface area contributed by atoms with Gasteiger partial charge in [-0.05, 0) is 26.2 Å². The van der Waals surface area contributed by atoms with Crippen molar-refractivity contribution in [1.29, 1.82) is 5.26 Å². The number of hydrogen-bond donors (Lipinski definition) is 0. The van der Waals surface area contributed by atoms with Crippen LogP contribution in [0.15, 0.2) is 0 Å². The van der Waals surface area contributed by atoms with Gasteiger partial charge < -0.3 is 4.90 Å². The van der Waals surface area contributed by atoms with Crippen molar-refractivity contribution in [3.8, 4) is 6.07 Å². The number of carbonyl (C=O) groups is 1. The number of likely N-dealkylation sites (N-methyl/N-ethyl adjacent to an activating group) is 1. The SMILES string of the molecule is CCC(C#N)N1CCN(CC(=O)N(CC)C2CC2)CC1. The molecule has 5 nitrogen and oxygen atoms in total. The fraction of sp³-hybridized carbons (Fsp3) is 0.867. The fourth-order valence-corrected chi connectivity index (χ4v) is 2.97. The topological polar surface area (TPSA) is 50.6 Å². The predicted octanol–water partition coefficient (Wildman–Crippen LogP) is 0.917. The van der Waals surface area contributed by atoms with Gasteiger partial charge in [0.15, 0.2) is 0 Å². The molecule has 1 unspecified atom stereocenters. The first-order valence-electron chi connectivity index (χ1n) is 7.85. The molecule has 2 rings (SSSR count). The Labute approximate surface area is 122 Å². The number of piperazine rings is 1. The molecule has 1 saturated heterocycles. The lowest BCUT2D eigenvalue weighted by atomic mass is 10.2. The summed E-state index contributed by atoms with van der Waals surface area (Å²) in [6.45, 7) is 9.07. The standard InChI is InChI=1S/C15H26N4O/c1-3-13(11-16)18-9-7-17(8-10-18)12-15(20)19(4-2)14-5-6-14/h13-14H,3-10,12H2,1-2H3. The van der Waals surface area contributed by atoms with Gasteiger partial charge in [0.1, 0.15) is 0 Å². The van der Waals surface area contributed by atoms with Gasteiger partial charge in [-0.2, -0.15) is 5.26 Å². The summed E-state index contributed by atoms with van der Waals surface area (Å²) in [5, 5.41) is 9.10. The number of hydrogen-bond acceptors (Lipinski definition) is 4. The van der Waals surface area contributed by atoms with Crippen molar-refractivity contribution < 1.29 is 4.79 Å². The fourth-order valence-electron chi connectivity index (χ4n) is 2.97. The van der Waals surface area contributed by atoms with Crippen molar-refractivity contribution in [2.45, 2.75) is 45.2 Å². The first kappa shape index (κ1) is 15.3. The molecule has 2 aliphatic rings. The molecular weight excluding hydrogens is 252 g/mol. The maximum absolute atomic E-state index is 12.3. The molecule has 1 atom stereocenters. The Morgan fingerprint density at radius 1 is 1.30 bits per heavy atom. The molecule has 20 heavy (non-hydrogen) atoms. The second-order valence-corrected chi connectivity index (χ2v) is 5.78. The van der Waals surface area contributed by atoms with Crippen LogP contribution in [0.3, 0.4) is 0 Å². The molecule has 0 bridgehead atoms. The van der Waals surface area contributed by atoms with Crippen LogP contribution < -0.4 is 0 Å². The van der Waals surface area contributed by atoms with Crippen LogP contribution >= 0.6 is 0 Å². The van der Waals surface area contributed by atoms with Crippen molar-refractivity contribution in [1.82, 2.24) is 14.7 Å². The molecule has 0 N–H and O–H groups in total. The van der Waals surface area contributed by atoms with Crippen LogP contribution in [0.4, 0.5) is 0 Å². The number of nitriles is 1. The lowest BCUT2D eigenvalue weighted by Gasteiger charge is -2.37. The summed E-state index contributed by atoms with van der Waals surface area (Å²) >= 11 is 0. The molecule has 0 aromatic carbocycles. The second-order valence-electron chi connectivity index (χ2n) is 5.78. The molecule has 1 aliphatic heterocycles. The lowest BCUT2D eigenvalue weighted by molar-refractivity contribution is -0.133. The molecule has 0 spiro atoms. The average Bonchev–Trinajstić information content (AvgIpc) is 3.27. The Morgan fingerprint density at radius 3 is 2.40 bits per heavy atom. The maximum Gasteiger partial charge on any atom is 0.236 e. The first-order valence-corrected chi connectivity index (χ1v) is 7.85. The monoisotopic (exact) mass is 278 g/mol. The van der Waals surface area contributed by atoms with Crippen LogP contribution in [0.2, 0.25) is 0 Å². The summed E-state index contributed by atoms with van der Waals surface area (Å²) in [7, 11) is 0. The van der Waals surface area contributed by atoms with E-state index >= 15 is 0 Å². The zero-order valence-corrected chi connectivity index (χ0v) is 12.7. The van der Waals surface area contributed by atoms with Crippen molar-refractivity contribution in [2.24, 2.45) is 0 Å². The lowest BCUT2D eigenvalue weighted by Crippen LogP contribution is -2.52. The first-order chi connectivity index (χ1) is 9.69. The Morgan fingerprint density at radius 2 is 1.95 bits per heavy atom. The van der Waals surface area contributed by atoms with E-state index in [1.54, 1.807) is 0 Å². The van der Waals surface area contributed by atoms with E-state index in [0.717, 1.165) is 39.1 Å². The van der Waals surface area contributed by atoms with Gasteiger partial charge >= 0.3 is 0 Å². The molecule has 2 fully saturated rings. The highest BCUT2D eigenvalue weighted by atomic mass is 16.2. The minimum Gasteiger partial charge on any atom is -0.339 e. The van der Waals surface area contributed by atoms with Crippen LogP contribution in [0.5, 0.6) is 0 Å². The Balaban J connectivity index is 1.76. The van der Waals surface area contributed by atoms with Crippen LogP contribution in [0, 0.1) is 11.3 Å². The molecule has 1 aliphatic carbocycles. The van der Waals surface area contributed by atoms with Gasteiger partial charge in [-0.25, -0.2) is 0 Å². The zero-order chi connectivity index (χ0) is 14.5. The van der Waals surface area contributed by atoms with Gasteiger partial charge in [-0.3, -0.25) is 14.6 Å². The smallest absolute Gasteiger partial charge is 0.236 e. The summed E-state index contributed by atoms with van der Waals surface area (Å²) in [6, 6.07) is 2.90. The van der Waals surface area contributed by atoms with Gasteiger partial charge in [0, 0.05) is 38.8 Å². The van der Waals surface area contributed by atoms with E-state index in [2.05, 4.69) is 29.7 Å². The third-order valence-electron chi connectivity index (χ3n) is 4.39. The van der Waals surface area contributed by atoms with E-state index < -0.39 is 0 Å². The van der Waals surface area contributed by atoms with Crippen LogP contribution in [0.1, 0.15) is 33.1 Å². The van der Waals surface area contributed by atoms with Crippen molar-refractivity contribution in [2.75, 3.05) is 39.3 Å². The highest BCUT2D eigenvalue weighted by Crippen LogP contribution is 2.26. The van der Waals surface area contributed by atoms with Gasteiger partial charge in [0.05, 0.1) is 18.7 Å². The number of carbonyl (C=O) groups excluding carboxylic acids is 1. The molecule has 0 aromatic rings. The van der Waals surface area contributed by atoms with Crippen LogP contribution in [-0.2, 0) is 4.79 Å². The molecule has 5 heteroatoms. The van der Waals surface area contributed by atoms with Crippen molar-refractivity contribution >= 4 is 5.91 Å². The third-order valence-corrected chi connectivity index (χ3v) is 4.39. The highest BCUT2D eigenvalue weighted by Gasteiger charge is 2.32. The molecular formula is C15H26N4O. The van der Waals surface area contributed by atoms with E-state index in [-0.39, 0.29) is 11.9 Å². The van der Waals surface area contributed by atoms with Crippen molar-refractivity contribution in [3.63, 3.8) is 0 Å². The van der Waals surface area contributed by atoms with Gasteiger partial charge in [-0.1, -0.05) is 6.92 Å². The summed E-state index contributed by atoms with van der Waals surface area (Å²) < 4.78 is 0. The molecule has 1 amide bonds. The number of rotatable bonds is 6. The normalized spacial score (nSPS) is 22.2. The highest BCUT2D eigenvalue weighted by molar-refractivity contribution is 5.78. The van der Waals surface area contributed by atoms with E-state index in [9.17, 15) is 4.79 Å².